The molecule has 2 aliphatic heterocycles. The standard InChI is InChI=1S/C26H32O4/c1-14-22-12-23(30-25(14)28)20(13-29-22)18-9-8-17-16(18)10-11-21-19(17)7-6-15-4-3-5-24(27)26(15,21)2/h3,5-6,16-23H,1,4,7-13H2,2H3/t16?,17?,18?,19-,20-,21?,22?,23?,26-/m0/s1. The lowest BCUT2D eigenvalue weighted by Gasteiger charge is -2.53. The topological polar surface area (TPSA) is 52.6 Å². The van der Waals surface area contributed by atoms with Gasteiger partial charge >= 0.3 is 5.97 Å². The molecule has 0 radical (unpaired) electrons. The zero-order chi connectivity index (χ0) is 20.6. The number of hydrogen-bond donors (Lipinski definition) is 0. The summed E-state index contributed by atoms with van der Waals surface area (Å²) < 4.78 is 11.9. The predicted octanol–water partition coefficient (Wildman–Crippen LogP) is 4.41. The molecule has 0 spiro atoms. The molecule has 30 heavy (non-hydrogen) atoms. The third-order valence-corrected chi connectivity index (χ3v) is 9.85. The van der Waals surface area contributed by atoms with Crippen LogP contribution in [0, 0.1) is 40.9 Å². The monoisotopic (exact) mass is 408 g/mol. The normalized spacial score (nSPS) is 49.6. The van der Waals surface area contributed by atoms with Crippen molar-refractivity contribution in [1.82, 2.24) is 0 Å². The molecule has 2 bridgehead atoms. The highest BCUT2D eigenvalue weighted by Gasteiger charge is 2.57. The molecule has 0 aromatic heterocycles. The minimum atomic E-state index is -0.277. The maximum absolute atomic E-state index is 13.0. The Hall–Kier alpha value is -1.68. The first kappa shape index (κ1) is 19.0. The third kappa shape index (κ3) is 2.49. The Morgan fingerprint density at radius 1 is 1.03 bits per heavy atom. The van der Waals surface area contributed by atoms with Crippen molar-refractivity contribution in [3.05, 3.63) is 36.0 Å². The Labute approximate surface area is 178 Å². The smallest absolute Gasteiger partial charge is 0.336 e. The molecule has 2 heterocycles. The fourth-order valence-electron chi connectivity index (χ4n) is 8.30. The number of allylic oxidation sites excluding steroid dienone is 4. The number of esters is 1. The van der Waals surface area contributed by atoms with E-state index < -0.39 is 0 Å². The van der Waals surface area contributed by atoms with Crippen LogP contribution in [0.2, 0.25) is 0 Å². The Bertz CT molecular complexity index is 868. The van der Waals surface area contributed by atoms with E-state index in [9.17, 15) is 9.59 Å². The molecule has 2 saturated carbocycles. The highest BCUT2D eigenvalue weighted by Crippen LogP contribution is 2.62. The summed E-state index contributed by atoms with van der Waals surface area (Å²) in [6.45, 7) is 6.77. The van der Waals surface area contributed by atoms with Gasteiger partial charge in [-0.1, -0.05) is 24.3 Å². The van der Waals surface area contributed by atoms with Crippen molar-refractivity contribution >= 4 is 11.8 Å². The summed E-state index contributed by atoms with van der Waals surface area (Å²) in [5.41, 5.74) is 1.57. The van der Waals surface area contributed by atoms with Gasteiger partial charge < -0.3 is 9.47 Å². The number of rotatable bonds is 1. The van der Waals surface area contributed by atoms with E-state index >= 15 is 0 Å². The second kappa shape index (κ2) is 6.66. The molecule has 9 atom stereocenters. The Morgan fingerprint density at radius 3 is 2.60 bits per heavy atom. The molecule has 6 rings (SSSR count). The Balaban J connectivity index is 1.24. The molecule has 0 amide bonds. The van der Waals surface area contributed by atoms with Gasteiger partial charge in [-0.25, -0.2) is 4.79 Å². The average Bonchev–Trinajstić information content (AvgIpc) is 3.17. The summed E-state index contributed by atoms with van der Waals surface area (Å²) in [4.78, 5) is 25.2. The van der Waals surface area contributed by atoms with Gasteiger partial charge in [-0.3, -0.25) is 4.79 Å². The minimum absolute atomic E-state index is 0.0105. The van der Waals surface area contributed by atoms with Gasteiger partial charge in [-0.15, -0.1) is 0 Å². The van der Waals surface area contributed by atoms with E-state index in [1.165, 1.54) is 24.8 Å². The lowest BCUT2D eigenvalue weighted by molar-refractivity contribution is -0.177. The first-order chi connectivity index (χ1) is 14.5. The van der Waals surface area contributed by atoms with Crippen molar-refractivity contribution < 1.29 is 19.1 Å². The molecular formula is C26H32O4. The van der Waals surface area contributed by atoms with E-state index in [1.807, 2.05) is 12.2 Å². The number of carbonyl (C=O) groups excluding carboxylic acids is 2. The zero-order valence-corrected chi connectivity index (χ0v) is 17.8. The predicted molar refractivity (Wildman–Crippen MR) is 112 cm³/mol. The van der Waals surface area contributed by atoms with E-state index in [4.69, 9.17) is 9.47 Å². The van der Waals surface area contributed by atoms with Crippen LogP contribution in [0.25, 0.3) is 0 Å². The number of fused-ring (bicyclic) bond motifs is 7. The van der Waals surface area contributed by atoms with Gasteiger partial charge in [0, 0.05) is 12.3 Å². The van der Waals surface area contributed by atoms with E-state index in [1.54, 1.807) is 0 Å². The van der Waals surface area contributed by atoms with Gasteiger partial charge in [0.15, 0.2) is 5.78 Å². The van der Waals surface area contributed by atoms with E-state index in [0.717, 1.165) is 25.7 Å². The molecule has 0 N–H and O–H groups in total. The van der Waals surface area contributed by atoms with Crippen LogP contribution < -0.4 is 0 Å². The van der Waals surface area contributed by atoms with E-state index in [2.05, 4.69) is 19.6 Å². The third-order valence-electron chi connectivity index (χ3n) is 9.85. The first-order valence-electron chi connectivity index (χ1n) is 11.9. The maximum Gasteiger partial charge on any atom is 0.336 e. The molecule has 4 aliphatic carbocycles. The molecule has 0 aromatic rings. The summed E-state index contributed by atoms with van der Waals surface area (Å²) in [7, 11) is 0. The molecule has 4 heteroatoms. The fourth-order valence-corrected chi connectivity index (χ4v) is 8.30. The maximum atomic E-state index is 13.0. The van der Waals surface area contributed by atoms with Crippen molar-refractivity contribution in [2.24, 2.45) is 40.9 Å². The average molecular weight is 409 g/mol. The largest absolute Gasteiger partial charge is 0.458 e. The molecule has 6 aliphatic rings. The Morgan fingerprint density at radius 2 is 1.77 bits per heavy atom. The van der Waals surface area contributed by atoms with Crippen LogP contribution in [0.3, 0.4) is 0 Å². The van der Waals surface area contributed by atoms with Gasteiger partial charge in [0.1, 0.15) is 6.10 Å². The van der Waals surface area contributed by atoms with Gasteiger partial charge in [0.05, 0.1) is 23.7 Å². The molecule has 4 fully saturated rings. The van der Waals surface area contributed by atoms with Crippen LogP contribution in [-0.2, 0) is 19.1 Å². The summed E-state index contributed by atoms with van der Waals surface area (Å²) >= 11 is 0. The number of ether oxygens (including phenoxy) is 2. The van der Waals surface area contributed by atoms with Crippen molar-refractivity contribution in [3.8, 4) is 0 Å². The quantitative estimate of drug-likeness (QED) is 0.366. The number of carbonyl (C=O) groups is 2. The van der Waals surface area contributed by atoms with Gasteiger partial charge in [0.2, 0.25) is 0 Å². The second-order valence-corrected chi connectivity index (χ2v) is 10.7. The molecule has 160 valence electrons. The molecule has 0 aromatic carbocycles. The summed E-state index contributed by atoms with van der Waals surface area (Å²) in [6.07, 6.45) is 13.8. The van der Waals surface area contributed by atoms with Gasteiger partial charge in [-0.05, 0) is 81.1 Å². The molecule has 4 nitrogen and oxygen atoms in total. The summed E-state index contributed by atoms with van der Waals surface area (Å²) in [5.74, 6) is 3.41. The van der Waals surface area contributed by atoms with Crippen LogP contribution >= 0.6 is 0 Å². The molecule has 2 saturated heterocycles. The zero-order valence-electron chi connectivity index (χ0n) is 17.8. The van der Waals surface area contributed by atoms with Crippen LogP contribution in [-0.4, -0.2) is 30.6 Å². The van der Waals surface area contributed by atoms with Crippen molar-refractivity contribution in [2.45, 2.75) is 64.1 Å². The fraction of sp³-hybridized carbons (Fsp3) is 0.692. The van der Waals surface area contributed by atoms with Crippen molar-refractivity contribution in [1.29, 1.82) is 0 Å². The van der Waals surface area contributed by atoms with E-state index in [-0.39, 0.29) is 23.6 Å². The minimum Gasteiger partial charge on any atom is -0.458 e. The SMILES string of the molecule is C=C1C(=O)OC2CC1OC[C@H]2C1CCC2C1CCC1[C@H]2CC=C2CC=CC(=O)[C@@]21C. The number of hydrogen-bond acceptors (Lipinski definition) is 4. The Kier molecular flexibility index (Phi) is 4.22. The van der Waals surface area contributed by atoms with Crippen molar-refractivity contribution in [3.63, 3.8) is 0 Å². The lowest BCUT2D eigenvalue weighted by atomic mass is 9.50. The highest BCUT2D eigenvalue weighted by molar-refractivity contribution is 5.98. The van der Waals surface area contributed by atoms with Crippen LogP contribution in [0.1, 0.15) is 51.9 Å². The van der Waals surface area contributed by atoms with Crippen LogP contribution in [0.15, 0.2) is 36.0 Å². The summed E-state index contributed by atoms with van der Waals surface area (Å²) in [6, 6.07) is 0. The van der Waals surface area contributed by atoms with Crippen LogP contribution in [0.5, 0.6) is 0 Å². The highest BCUT2D eigenvalue weighted by atomic mass is 16.6. The van der Waals surface area contributed by atoms with Gasteiger partial charge in [0.25, 0.3) is 0 Å². The van der Waals surface area contributed by atoms with Gasteiger partial charge in [-0.2, -0.15) is 0 Å². The molecular weight excluding hydrogens is 376 g/mol. The van der Waals surface area contributed by atoms with Crippen molar-refractivity contribution in [2.75, 3.05) is 6.61 Å². The second-order valence-electron chi connectivity index (χ2n) is 10.7. The van der Waals surface area contributed by atoms with E-state index in [0.29, 0.717) is 53.5 Å². The number of ketones is 1. The first-order valence-corrected chi connectivity index (χ1v) is 11.9. The lowest BCUT2D eigenvalue weighted by Crippen LogP contribution is -2.52. The summed E-state index contributed by atoms with van der Waals surface area (Å²) in [5, 5.41) is 0. The molecule has 6 unspecified atom stereocenters. The van der Waals surface area contributed by atoms with Crippen LogP contribution in [0.4, 0.5) is 0 Å².